The van der Waals surface area contributed by atoms with Crippen LogP contribution in [0.1, 0.15) is 37.7 Å². The molecule has 1 heterocycles. The number of guanidine groups is 1. The highest BCUT2D eigenvalue weighted by molar-refractivity contribution is 14.0. The molecule has 5 nitrogen and oxygen atoms in total. The van der Waals surface area contributed by atoms with Crippen molar-refractivity contribution in [1.82, 2.24) is 15.5 Å². The average Bonchev–Trinajstić information content (AvgIpc) is 3.26. The smallest absolute Gasteiger partial charge is 0.222 e. The normalized spacial score (nSPS) is 25.3. The van der Waals surface area contributed by atoms with Crippen LogP contribution in [0.5, 0.6) is 0 Å². The predicted molar refractivity (Wildman–Crippen MR) is 112 cm³/mol. The van der Waals surface area contributed by atoms with E-state index in [1.807, 2.05) is 11.8 Å². The van der Waals surface area contributed by atoms with Gasteiger partial charge in [0, 0.05) is 39.1 Å². The molecule has 0 bridgehead atoms. The van der Waals surface area contributed by atoms with Crippen LogP contribution in [0.2, 0.25) is 0 Å². The van der Waals surface area contributed by atoms with E-state index in [0.29, 0.717) is 24.3 Å². The lowest BCUT2D eigenvalue weighted by molar-refractivity contribution is -0.129. The minimum Gasteiger partial charge on any atom is -0.356 e. The lowest BCUT2D eigenvalue weighted by Crippen LogP contribution is -2.45. The monoisotopic (exact) mass is 456 g/mol. The van der Waals surface area contributed by atoms with E-state index in [1.165, 1.54) is 12.0 Å². The summed E-state index contributed by atoms with van der Waals surface area (Å²) in [4.78, 5) is 18.0. The number of rotatable bonds is 5. The van der Waals surface area contributed by atoms with Crippen LogP contribution in [-0.4, -0.2) is 49.5 Å². The van der Waals surface area contributed by atoms with Gasteiger partial charge in [0.2, 0.25) is 5.91 Å². The quantitative estimate of drug-likeness (QED) is 0.407. The van der Waals surface area contributed by atoms with Gasteiger partial charge in [-0.2, -0.15) is 0 Å². The number of nitrogens with zero attached hydrogens (tertiary/aromatic N) is 2. The van der Waals surface area contributed by atoms with Gasteiger partial charge in [-0.1, -0.05) is 37.3 Å². The molecular weight excluding hydrogens is 427 g/mol. The second-order valence-electron chi connectivity index (χ2n) is 6.79. The number of aliphatic imine (C=N–C) groups is 1. The molecule has 2 aliphatic rings. The van der Waals surface area contributed by atoms with Gasteiger partial charge in [0.05, 0.1) is 0 Å². The molecule has 2 fully saturated rings. The summed E-state index contributed by atoms with van der Waals surface area (Å²) in [5.41, 5.74) is 1.44. The van der Waals surface area contributed by atoms with Gasteiger partial charge < -0.3 is 15.5 Å². The van der Waals surface area contributed by atoms with Gasteiger partial charge in [-0.15, -0.1) is 24.0 Å². The topological polar surface area (TPSA) is 56.7 Å². The van der Waals surface area contributed by atoms with Crippen LogP contribution in [0.15, 0.2) is 35.3 Å². The van der Waals surface area contributed by atoms with Crippen molar-refractivity contribution in [1.29, 1.82) is 0 Å². The third-order valence-corrected chi connectivity index (χ3v) is 5.09. The van der Waals surface area contributed by atoms with Gasteiger partial charge in [-0.3, -0.25) is 9.79 Å². The van der Waals surface area contributed by atoms with Gasteiger partial charge in [-0.25, -0.2) is 0 Å². The molecule has 1 amide bonds. The molecule has 6 heteroatoms. The largest absolute Gasteiger partial charge is 0.356 e. The van der Waals surface area contributed by atoms with E-state index in [0.717, 1.165) is 32.0 Å². The van der Waals surface area contributed by atoms with Crippen LogP contribution in [0.3, 0.4) is 0 Å². The summed E-state index contributed by atoms with van der Waals surface area (Å²) in [6.45, 7) is 4.50. The number of benzene rings is 1. The highest BCUT2D eigenvalue weighted by Gasteiger charge is 2.38. The minimum absolute atomic E-state index is 0. The molecule has 3 unspecified atom stereocenters. The number of hydrogen-bond acceptors (Lipinski definition) is 2. The van der Waals surface area contributed by atoms with E-state index >= 15 is 0 Å². The van der Waals surface area contributed by atoms with Crippen LogP contribution in [0, 0.1) is 5.92 Å². The molecule has 1 aliphatic carbocycles. The maximum Gasteiger partial charge on any atom is 0.222 e. The van der Waals surface area contributed by atoms with Gasteiger partial charge in [-0.05, 0) is 30.2 Å². The Morgan fingerprint density at radius 1 is 1.32 bits per heavy atom. The number of nitrogens with one attached hydrogen (secondary N) is 2. The first-order valence-corrected chi connectivity index (χ1v) is 9.01. The zero-order valence-electron chi connectivity index (χ0n) is 15.1. The first-order chi connectivity index (χ1) is 11.7. The Hall–Kier alpha value is -1.31. The first-order valence-electron chi connectivity index (χ1n) is 9.01. The van der Waals surface area contributed by atoms with E-state index in [4.69, 9.17) is 0 Å². The SMILES string of the molecule is CCC(=O)N1CCC(NC(=NC)NCC2CC2c2ccccc2)C1.I. The number of amides is 1. The lowest BCUT2D eigenvalue weighted by Gasteiger charge is -2.18. The van der Waals surface area contributed by atoms with Crippen LogP contribution in [-0.2, 0) is 4.79 Å². The molecule has 1 aromatic carbocycles. The summed E-state index contributed by atoms with van der Waals surface area (Å²) in [5, 5.41) is 6.91. The molecule has 25 heavy (non-hydrogen) atoms. The fourth-order valence-corrected chi connectivity index (χ4v) is 3.53. The Morgan fingerprint density at radius 2 is 2.08 bits per heavy atom. The summed E-state index contributed by atoms with van der Waals surface area (Å²) in [7, 11) is 1.81. The Kier molecular flexibility index (Phi) is 7.53. The average molecular weight is 456 g/mol. The Labute approximate surface area is 167 Å². The number of hydrogen-bond donors (Lipinski definition) is 2. The highest BCUT2D eigenvalue weighted by atomic mass is 127. The zero-order valence-corrected chi connectivity index (χ0v) is 17.4. The van der Waals surface area contributed by atoms with Crippen molar-refractivity contribution < 1.29 is 4.79 Å². The molecule has 1 aromatic rings. The number of halogens is 1. The van der Waals surface area contributed by atoms with Crippen molar-refractivity contribution in [2.24, 2.45) is 10.9 Å². The molecule has 3 atom stereocenters. The van der Waals surface area contributed by atoms with E-state index in [9.17, 15) is 4.79 Å². The van der Waals surface area contributed by atoms with Crippen molar-refractivity contribution in [3.05, 3.63) is 35.9 Å². The minimum atomic E-state index is 0. The summed E-state index contributed by atoms with van der Waals surface area (Å²) in [6, 6.07) is 11.0. The Balaban J connectivity index is 0.00000225. The second-order valence-corrected chi connectivity index (χ2v) is 6.79. The summed E-state index contributed by atoms with van der Waals surface area (Å²) >= 11 is 0. The van der Waals surface area contributed by atoms with Crippen molar-refractivity contribution in [3.8, 4) is 0 Å². The fourth-order valence-electron chi connectivity index (χ4n) is 3.53. The summed E-state index contributed by atoms with van der Waals surface area (Å²) in [5.74, 6) is 2.46. The molecule has 138 valence electrons. The van der Waals surface area contributed by atoms with E-state index in [-0.39, 0.29) is 29.9 Å². The fraction of sp³-hybridized carbons (Fsp3) is 0.579. The van der Waals surface area contributed by atoms with Gasteiger partial charge in [0.15, 0.2) is 5.96 Å². The second kappa shape index (κ2) is 9.40. The molecule has 0 aromatic heterocycles. The van der Waals surface area contributed by atoms with Crippen molar-refractivity contribution in [2.75, 3.05) is 26.7 Å². The maximum absolute atomic E-state index is 11.8. The van der Waals surface area contributed by atoms with Gasteiger partial charge >= 0.3 is 0 Å². The van der Waals surface area contributed by atoms with Crippen LogP contribution < -0.4 is 10.6 Å². The molecular formula is C19H29IN4O. The predicted octanol–water partition coefficient (Wildman–Crippen LogP) is 2.58. The van der Waals surface area contributed by atoms with Gasteiger partial charge in [0.25, 0.3) is 0 Å². The highest BCUT2D eigenvalue weighted by Crippen LogP contribution is 2.46. The summed E-state index contributed by atoms with van der Waals surface area (Å²) in [6.07, 6.45) is 2.82. The van der Waals surface area contributed by atoms with Crippen LogP contribution in [0.25, 0.3) is 0 Å². The number of likely N-dealkylation sites (tertiary alicyclic amines) is 1. The standard InChI is InChI=1S/C19H28N4O.HI/c1-3-18(24)23-10-9-16(13-23)22-19(20-2)21-12-15-11-17(15)14-7-5-4-6-8-14;/h4-8,15-17H,3,9-13H2,1-2H3,(H2,20,21,22);1H. The molecule has 0 radical (unpaired) electrons. The molecule has 1 aliphatic heterocycles. The Bertz CT molecular complexity index is 592. The number of carbonyl (C=O) groups is 1. The Morgan fingerprint density at radius 3 is 2.76 bits per heavy atom. The van der Waals surface area contributed by atoms with E-state index < -0.39 is 0 Å². The zero-order chi connectivity index (χ0) is 16.9. The molecule has 1 saturated carbocycles. The van der Waals surface area contributed by atoms with Crippen molar-refractivity contribution in [2.45, 2.75) is 38.1 Å². The van der Waals surface area contributed by atoms with Crippen LogP contribution in [0.4, 0.5) is 0 Å². The first kappa shape index (κ1) is 20.0. The van der Waals surface area contributed by atoms with Crippen molar-refractivity contribution in [3.63, 3.8) is 0 Å². The molecule has 3 rings (SSSR count). The maximum atomic E-state index is 11.8. The summed E-state index contributed by atoms with van der Waals surface area (Å²) < 4.78 is 0. The third kappa shape index (κ3) is 5.33. The number of carbonyl (C=O) groups excluding carboxylic acids is 1. The molecule has 1 saturated heterocycles. The molecule has 2 N–H and O–H groups in total. The molecule has 0 spiro atoms. The van der Waals surface area contributed by atoms with E-state index in [1.54, 1.807) is 7.05 Å². The van der Waals surface area contributed by atoms with Crippen molar-refractivity contribution >= 4 is 35.8 Å². The van der Waals surface area contributed by atoms with E-state index in [2.05, 4.69) is 46.0 Å². The third-order valence-electron chi connectivity index (χ3n) is 5.09. The lowest BCUT2D eigenvalue weighted by atomic mass is 10.1. The van der Waals surface area contributed by atoms with Gasteiger partial charge in [0.1, 0.15) is 0 Å². The van der Waals surface area contributed by atoms with Crippen LogP contribution >= 0.6 is 24.0 Å².